The van der Waals surface area contributed by atoms with Crippen LogP contribution in [0.3, 0.4) is 0 Å². The Morgan fingerprint density at radius 1 is 0.907 bits per heavy atom. The van der Waals surface area contributed by atoms with E-state index in [1.165, 1.54) is 6.07 Å². The Morgan fingerprint density at radius 2 is 1.53 bits per heavy atom. The van der Waals surface area contributed by atoms with Crippen molar-refractivity contribution < 1.29 is 33.7 Å². The summed E-state index contributed by atoms with van der Waals surface area (Å²) in [6.45, 7) is 3.91. The molecule has 1 amide bonds. The van der Waals surface area contributed by atoms with Gasteiger partial charge in [-0.25, -0.2) is 8.78 Å². The summed E-state index contributed by atoms with van der Waals surface area (Å²) in [6, 6.07) is 21.3. The first-order chi connectivity index (χ1) is 20.1. The number of benzene rings is 3. The van der Waals surface area contributed by atoms with E-state index in [4.69, 9.17) is 5.11 Å². The fourth-order valence-electron chi connectivity index (χ4n) is 5.26. The molecule has 1 aromatic heterocycles. The van der Waals surface area contributed by atoms with Crippen LogP contribution >= 0.6 is 0 Å². The van der Waals surface area contributed by atoms with Gasteiger partial charge in [-0.3, -0.25) is 9.59 Å². The number of hydrogen-bond acceptors (Lipinski definition) is 4. The van der Waals surface area contributed by atoms with Gasteiger partial charge in [0, 0.05) is 35.1 Å². The van der Waals surface area contributed by atoms with E-state index in [1.807, 2.05) is 38.1 Å². The van der Waals surface area contributed by atoms with Gasteiger partial charge in [0.1, 0.15) is 11.6 Å². The molecule has 7 nitrogen and oxygen atoms in total. The second kappa shape index (κ2) is 15.6. The van der Waals surface area contributed by atoms with Crippen LogP contribution in [0.2, 0.25) is 0 Å². The van der Waals surface area contributed by atoms with Gasteiger partial charge < -0.3 is 25.2 Å². The number of hydrogen-bond donors (Lipinski definition) is 4. The Bertz CT molecular complexity index is 1540. The molecular formula is C33H36CaF2N2O5. The number of carbonyl (C=O) groups excluding carboxylic acids is 1. The fourth-order valence-corrected chi connectivity index (χ4v) is 5.26. The number of para-hydroxylation sites is 1. The third-order valence-corrected chi connectivity index (χ3v) is 7.00. The number of anilines is 1. The number of nitrogens with one attached hydrogen (secondary N) is 1. The van der Waals surface area contributed by atoms with Crippen molar-refractivity contribution in [3.8, 4) is 22.4 Å². The summed E-state index contributed by atoms with van der Waals surface area (Å²) in [5.74, 6) is -3.39. The van der Waals surface area contributed by atoms with Gasteiger partial charge in [-0.15, -0.1) is 0 Å². The standard InChI is InChI=1S/C33H34F2N2O5.Ca.2H/c1-20(2)31-30(33(42)36-23-11-7-4-8-12-23)29(21-9-5-3-6-10-21)32(26-14-13-22(34)17-27(26)35)37(31)16-15-24(38)18-25(39)19-28(40)41;;;/h3-14,17,20,24-25,38-39H,15-16,18-19H2,1-2H3,(H,36,42)(H,40,41);;;/t24-,25-;;;/m1.../s1. The minimum absolute atomic E-state index is 0. The number of carboxylic acids is 1. The molecule has 4 rings (SSSR count). The molecule has 4 N–H and O–H groups in total. The Hall–Kier alpha value is -3.08. The van der Waals surface area contributed by atoms with Crippen molar-refractivity contribution in [2.45, 2.75) is 57.8 Å². The zero-order chi connectivity index (χ0) is 30.4. The van der Waals surface area contributed by atoms with Crippen LogP contribution in [0.5, 0.6) is 0 Å². The van der Waals surface area contributed by atoms with Crippen LogP contribution in [0, 0.1) is 11.6 Å². The second-order valence-corrected chi connectivity index (χ2v) is 10.5. The van der Waals surface area contributed by atoms with Gasteiger partial charge >= 0.3 is 43.7 Å². The van der Waals surface area contributed by atoms with Crippen LogP contribution < -0.4 is 5.32 Å². The van der Waals surface area contributed by atoms with Crippen LogP contribution in [-0.4, -0.2) is 81.7 Å². The maximum atomic E-state index is 15.5. The third-order valence-electron chi connectivity index (χ3n) is 7.00. The van der Waals surface area contributed by atoms with Gasteiger partial charge in [0.2, 0.25) is 0 Å². The van der Waals surface area contributed by atoms with E-state index in [1.54, 1.807) is 41.0 Å². The van der Waals surface area contributed by atoms with Gasteiger partial charge in [0.25, 0.3) is 5.91 Å². The van der Waals surface area contributed by atoms with Crippen molar-refractivity contribution in [1.82, 2.24) is 4.57 Å². The summed E-state index contributed by atoms with van der Waals surface area (Å²) >= 11 is 0. The topological polar surface area (TPSA) is 112 Å². The molecule has 0 unspecified atom stereocenters. The van der Waals surface area contributed by atoms with Gasteiger partial charge in [-0.05, 0) is 48.6 Å². The van der Waals surface area contributed by atoms with Crippen molar-refractivity contribution >= 4 is 55.3 Å². The van der Waals surface area contributed by atoms with Crippen LogP contribution in [0.4, 0.5) is 14.5 Å². The van der Waals surface area contributed by atoms with Crippen molar-refractivity contribution in [1.29, 1.82) is 0 Å². The summed E-state index contributed by atoms with van der Waals surface area (Å²) in [4.78, 5) is 25.0. The van der Waals surface area contributed by atoms with Gasteiger partial charge in [0.15, 0.2) is 0 Å². The van der Waals surface area contributed by atoms with Crippen LogP contribution in [0.15, 0.2) is 78.9 Å². The average molecular weight is 619 g/mol. The Morgan fingerprint density at radius 3 is 2.12 bits per heavy atom. The Balaban J connectivity index is 0.00000506. The first-order valence-corrected chi connectivity index (χ1v) is 13.8. The molecule has 0 aliphatic heterocycles. The van der Waals surface area contributed by atoms with Crippen molar-refractivity contribution in [3.63, 3.8) is 0 Å². The van der Waals surface area contributed by atoms with E-state index in [2.05, 4.69) is 5.32 Å². The molecule has 0 spiro atoms. The number of nitrogens with zero attached hydrogens (tertiary/aromatic N) is 1. The molecule has 0 aliphatic carbocycles. The second-order valence-electron chi connectivity index (χ2n) is 10.5. The summed E-state index contributed by atoms with van der Waals surface area (Å²) in [5, 5.41) is 32.7. The number of aromatic nitrogens is 1. The third kappa shape index (κ3) is 8.52. The molecule has 3 aromatic carbocycles. The van der Waals surface area contributed by atoms with Crippen LogP contribution in [-0.2, 0) is 11.3 Å². The van der Waals surface area contributed by atoms with E-state index in [-0.39, 0.29) is 68.6 Å². The first-order valence-electron chi connectivity index (χ1n) is 13.8. The number of carbonyl (C=O) groups is 2. The van der Waals surface area contributed by atoms with Crippen molar-refractivity contribution in [2.24, 2.45) is 0 Å². The number of aliphatic hydroxyl groups is 2. The average Bonchev–Trinajstić information content (AvgIpc) is 3.28. The first kappa shape index (κ1) is 34.4. The minimum atomic E-state index is -1.24. The quantitative estimate of drug-likeness (QED) is 0.156. The van der Waals surface area contributed by atoms with Gasteiger partial charge in [0.05, 0.1) is 29.9 Å². The molecule has 0 aliphatic rings. The Labute approximate surface area is 279 Å². The van der Waals surface area contributed by atoms with E-state index < -0.39 is 42.1 Å². The normalized spacial score (nSPS) is 12.4. The van der Waals surface area contributed by atoms with E-state index in [9.17, 15) is 24.2 Å². The monoisotopic (exact) mass is 618 g/mol. The molecule has 0 bridgehead atoms. The molecule has 0 saturated heterocycles. The van der Waals surface area contributed by atoms with Crippen LogP contribution in [0.1, 0.15) is 55.1 Å². The molecule has 0 fully saturated rings. The molecule has 2 atom stereocenters. The van der Waals surface area contributed by atoms with Crippen molar-refractivity contribution in [3.05, 3.63) is 102 Å². The summed E-state index contributed by atoms with van der Waals surface area (Å²) in [7, 11) is 0. The van der Waals surface area contributed by atoms with E-state index >= 15 is 4.39 Å². The number of rotatable bonds is 12. The molecule has 43 heavy (non-hydrogen) atoms. The SMILES string of the molecule is CC(C)c1c(C(=O)Nc2ccccc2)c(-c2ccccc2)c(-c2ccc(F)cc2F)n1CC[C@@H](O)C[C@@H](O)CC(=O)O.[CaH2]. The van der Waals surface area contributed by atoms with E-state index in [0.29, 0.717) is 33.8 Å². The Kier molecular flexibility index (Phi) is 12.5. The van der Waals surface area contributed by atoms with Crippen LogP contribution in [0.25, 0.3) is 22.4 Å². The predicted molar refractivity (Wildman–Crippen MR) is 166 cm³/mol. The summed E-state index contributed by atoms with van der Waals surface area (Å²) in [5.41, 5.74) is 3.00. The zero-order valence-electron chi connectivity index (χ0n) is 23.4. The molecule has 10 heteroatoms. The molecular weight excluding hydrogens is 582 g/mol. The zero-order valence-corrected chi connectivity index (χ0v) is 23.4. The summed E-state index contributed by atoms with van der Waals surface area (Å²) < 4.78 is 31.3. The molecule has 0 saturated carbocycles. The van der Waals surface area contributed by atoms with Gasteiger partial charge in [-0.1, -0.05) is 62.4 Å². The molecule has 4 aromatic rings. The molecule has 1 heterocycles. The number of aliphatic hydroxyl groups excluding tert-OH is 2. The molecule has 0 radical (unpaired) electrons. The van der Waals surface area contributed by atoms with Crippen molar-refractivity contribution in [2.75, 3.05) is 5.32 Å². The molecule has 224 valence electrons. The summed E-state index contributed by atoms with van der Waals surface area (Å²) in [6.07, 6.45) is -2.92. The van der Waals surface area contributed by atoms with E-state index in [0.717, 1.165) is 12.1 Å². The predicted octanol–water partition coefficient (Wildman–Crippen LogP) is 5.54. The maximum absolute atomic E-state index is 15.5. The van der Waals surface area contributed by atoms with Gasteiger partial charge in [-0.2, -0.15) is 0 Å². The fraction of sp³-hybridized carbons (Fsp3) is 0.273. The number of halogens is 2. The number of amides is 1. The number of aliphatic carboxylic acids is 1. The number of carboxylic acid groups (broad SMARTS) is 1.